The molecule has 0 bridgehead atoms. The summed E-state index contributed by atoms with van der Waals surface area (Å²) in [5.74, 6) is 0. The van der Waals surface area contributed by atoms with E-state index in [4.69, 9.17) is 5.14 Å². The lowest BCUT2D eigenvalue weighted by atomic mass is 10.3. The number of rotatable bonds is 4. The van der Waals surface area contributed by atoms with Crippen LogP contribution in [-0.2, 0) is 10.2 Å². The minimum Gasteiger partial charge on any atom is -0.335 e. The number of benzene rings is 1. The minimum atomic E-state index is -3.78. The quantitative estimate of drug-likeness (QED) is 0.652. The van der Waals surface area contributed by atoms with Gasteiger partial charge in [0.2, 0.25) is 0 Å². The minimum absolute atomic E-state index is 0.0238. The summed E-state index contributed by atoms with van der Waals surface area (Å²) in [6, 6.07) is 6.27. The molecule has 0 aliphatic heterocycles. The number of carbonyl (C=O) groups excluding carboxylic acids is 1. The van der Waals surface area contributed by atoms with E-state index in [1.807, 2.05) is 4.72 Å². The normalized spacial score (nSPS) is 11.7. The molecular formula is C10H12N4O4S2. The van der Waals surface area contributed by atoms with E-state index in [9.17, 15) is 18.0 Å². The van der Waals surface area contributed by atoms with E-state index in [1.54, 1.807) is 24.3 Å². The van der Waals surface area contributed by atoms with Gasteiger partial charge in [-0.25, -0.2) is 14.7 Å². The van der Waals surface area contributed by atoms with Gasteiger partial charge in [0, 0.05) is 13.1 Å². The summed E-state index contributed by atoms with van der Waals surface area (Å²) in [6.07, 6.45) is 0. The van der Waals surface area contributed by atoms with E-state index >= 15 is 0 Å². The van der Waals surface area contributed by atoms with E-state index in [-0.39, 0.29) is 13.1 Å². The highest BCUT2D eigenvalue weighted by Gasteiger charge is 2.12. The number of fused-ring (bicyclic) bond motifs is 1. The smallest absolute Gasteiger partial charge is 0.335 e. The lowest BCUT2D eigenvalue weighted by Gasteiger charge is -2.04. The van der Waals surface area contributed by atoms with Crippen LogP contribution < -0.4 is 20.7 Å². The van der Waals surface area contributed by atoms with Crippen LogP contribution in [0.2, 0.25) is 0 Å². The Kier molecular flexibility index (Phi) is 4.18. The molecule has 0 spiro atoms. The third kappa shape index (κ3) is 3.42. The number of hydrogen-bond acceptors (Lipinski definition) is 5. The van der Waals surface area contributed by atoms with Crippen LogP contribution in [-0.4, -0.2) is 31.5 Å². The van der Waals surface area contributed by atoms with Gasteiger partial charge in [0.05, 0.1) is 10.1 Å². The summed E-state index contributed by atoms with van der Waals surface area (Å²) >= 11 is 1.02. The van der Waals surface area contributed by atoms with Crippen molar-refractivity contribution in [1.29, 1.82) is 0 Å². The van der Waals surface area contributed by atoms with Crippen molar-refractivity contribution in [1.82, 2.24) is 14.0 Å². The van der Waals surface area contributed by atoms with Crippen molar-refractivity contribution < 1.29 is 13.2 Å². The first-order chi connectivity index (χ1) is 9.38. The maximum absolute atomic E-state index is 11.9. The van der Waals surface area contributed by atoms with Crippen molar-refractivity contribution in [2.45, 2.75) is 0 Å². The lowest BCUT2D eigenvalue weighted by molar-refractivity contribution is 0.244. The second-order valence-corrected chi connectivity index (χ2v) is 6.22. The Balaban J connectivity index is 2.05. The topological polar surface area (TPSA) is 123 Å². The Labute approximate surface area is 118 Å². The van der Waals surface area contributed by atoms with Crippen LogP contribution in [0.15, 0.2) is 29.1 Å². The zero-order valence-electron chi connectivity index (χ0n) is 10.2. The van der Waals surface area contributed by atoms with Gasteiger partial charge >= 0.3 is 6.03 Å². The molecule has 108 valence electrons. The predicted octanol–water partition coefficient (Wildman–Crippen LogP) is -0.586. The largest absolute Gasteiger partial charge is 0.338 e. The van der Waals surface area contributed by atoms with Crippen molar-refractivity contribution in [3.05, 3.63) is 34.6 Å². The molecule has 8 nitrogen and oxygen atoms in total. The fourth-order valence-corrected chi connectivity index (χ4v) is 2.85. The number of nitrogens with two attached hydrogens (primary N) is 1. The van der Waals surface area contributed by atoms with Crippen molar-refractivity contribution in [3.8, 4) is 0 Å². The van der Waals surface area contributed by atoms with Gasteiger partial charge in [-0.05, 0) is 23.7 Å². The molecule has 1 heterocycles. The summed E-state index contributed by atoms with van der Waals surface area (Å²) in [6.45, 7) is -0.0276. The molecule has 0 saturated heterocycles. The molecule has 2 rings (SSSR count). The number of hydrogen-bond donors (Lipinski definition) is 3. The average Bonchev–Trinajstić information content (AvgIpc) is 2.72. The van der Waals surface area contributed by atoms with Crippen molar-refractivity contribution in [2.75, 3.05) is 13.1 Å². The zero-order chi connectivity index (χ0) is 14.8. The molecule has 0 atom stereocenters. The van der Waals surface area contributed by atoms with Crippen LogP contribution in [0, 0.1) is 0 Å². The van der Waals surface area contributed by atoms with Crippen LogP contribution in [0.5, 0.6) is 0 Å². The van der Waals surface area contributed by atoms with E-state index in [0.717, 1.165) is 15.5 Å². The number of amides is 1. The van der Waals surface area contributed by atoms with Crippen LogP contribution in [0.25, 0.3) is 10.1 Å². The first-order valence-electron chi connectivity index (χ1n) is 5.55. The van der Waals surface area contributed by atoms with Gasteiger partial charge in [-0.15, -0.1) is 0 Å². The number of nitrogens with one attached hydrogen (secondary N) is 2. The lowest BCUT2D eigenvalue weighted by Crippen LogP contribution is -2.40. The summed E-state index contributed by atoms with van der Waals surface area (Å²) in [5.41, 5.74) is -0.400. The summed E-state index contributed by atoms with van der Waals surface area (Å²) in [5, 5.41) is 7.63. The summed E-state index contributed by atoms with van der Waals surface area (Å²) in [4.78, 5) is 23.8. The van der Waals surface area contributed by atoms with E-state index in [0.29, 0.717) is 10.1 Å². The van der Waals surface area contributed by atoms with Gasteiger partial charge in [0.1, 0.15) is 0 Å². The average molecular weight is 316 g/mol. The zero-order valence-corrected chi connectivity index (χ0v) is 11.8. The first kappa shape index (κ1) is 14.7. The van der Waals surface area contributed by atoms with Crippen molar-refractivity contribution >= 4 is 37.9 Å². The fraction of sp³-hybridized carbons (Fsp3) is 0.200. The second kappa shape index (κ2) is 5.71. The predicted molar refractivity (Wildman–Crippen MR) is 76.0 cm³/mol. The maximum atomic E-state index is 11.9. The third-order valence-electron chi connectivity index (χ3n) is 2.38. The number of nitrogens with zero attached hydrogens (tertiary/aromatic N) is 1. The second-order valence-electron chi connectivity index (χ2n) is 3.86. The first-order valence-corrected chi connectivity index (χ1v) is 7.87. The molecular weight excluding hydrogens is 304 g/mol. The molecule has 1 aromatic heterocycles. The summed E-state index contributed by atoms with van der Waals surface area (Å²) < 4.78 is 24.9. The van der Waals surface area contributed by atoms with Gasteiger partial charge in [0.15, 0.2) is 0 Å². The monoisotopic (exact) mass is 316 g/mol. The highest BCUT2D eigenvalue weighted by atomic mass is 32.2. The van der Waals surface area contributed by atoms with Gasteiger partial charge in [-0.1, -0.05) is 12.1 Å². The van der Waals surface area contributed by atoms with Crippen LogP contribution in [0.4, 0.5) is 4.79 Å². The Morgan fingerprint density at radius 3 is 2.65 bits per heavy atom. The molecule has 10 heteroatoms. The Hall–Kier alpha value is -1.75. The highest BCUT2D eigenvalue weighted by molar-refractivity contribution is 7.87. The van der Waals surface area contributed by atoms with Crippen LogP contribution >= 0.6 is 11.5 Å². The Morgan fingerprint density at radius 2 is 2.00 bits per heavy atom. The van der Waals surface area contributed by atoms with Crippen molar-refractivity contribution in [3.63, 3.8) is 0 Å². The molecule has 20 heavy (non-hydrogen) atoms. The Bertz CT molecular complexity index is 793. The molecule has 0 radical (unpaired) electrons. The number of aromatic nitrogens is 1. The molecule has 0 fully saturated rings. The van der Waals surface area contributed by atoms with Gasteiger partial charge in [0.25, 0.3) is 15.8 Å². The molecule has 0 saturated carbocycles. The molecule has 0 aliphatic carbocycles. The van der Waals surface area contributed by atoms with Crippen LogP contribution in [0.1, 0.15) is 0 Å². The highest BCUT2D eigenvalue weighted by Crippen LogP contribution is 2.15. The van der Waals surface area contributed by atoms with E-state index in [2.05, 4.69) is 5.32 Å². The van der Waals surface area contributed by atoms with Gasteiger partial charge in [-0.3, -0.25) is 4.79 Å². The Morgan fingerprint density at radius 1 is 1.30 bits per heavy atom. The third-order valence-corrected chi connectivity index (χ3v) is 4.05. The fourth-order valence-electron chi connectivity index (χ4n) is 1.54. The molecule has 1 amide bonds. The van der Waals surface area contributed by atoms with E-state index in [1.165, 1.54) is 0 Å². The van der Waals surface area contributed by atoms with Gasteiger partial charge in [-0.2, -0.15) is 12.4 Å². The standard InChI is InChI=1S/C10H12N4O4S2/c11-20(17,18)13-6-5-12-10(16)14-9(15)7-3-1-2-4-8(7)19-14/h1-4,13H,5-6H2,(H,12,16)(H2,11,17,18). The molecule has 0 aliphatic rings. The van der Waals surface area contributed by atoms with Gasteiger partial charge < -0.3 is 5.32 Å². The number of carbonyl (C=O) groups is 1. The SMILES string of the molecule is NS(=O)(=O)NCCNC(=O)n1sc2ccccc2c1=O. The molecule has 2 aromatic rings. The molecule has 0 unspecified atom stereocenters. The summed E-state index contributed by atoms with van der Waals surface area (Å²) in [7, 11) is -3.78. The molecule has 1 aromatic carbocycles. The molecule has 4 N–H and O–H groups in total. The maximum Gasteiger partial charge on any atom is 0.338 e. The van der Waals surface area contributed by atoms with E-state index < -0.39 is 21.8 Å². The van der Waals surface area contributed by atoms with Crippen molar-refractivity contribution in [2.24, 2.45) is 5.14 Å². The van der Waals surface area contributed by atoms with Crippen LogP contribution in [0.3, 0.4) is 0 Å².